The van der Waals surface area contributed by atoms with Crippen molar-refractivity contribution in [1.29, 1.82) is 0 Å². The molecule has 1 aromatic carbocycles. The van der Waals surface area contributed by atoms with Crippen LogP contribution in [-0.4, -0.2) is 30.8 Å². The van der Waals surface area contributed by atoms with E-state index in [9.17, 15) is 13.6 Å². The fraction of sp³-hybridized carbons (Fsp3) is 0.364. The lowest BCUT2D eigenvalue weighted by molar-refractivity contribution is -0.127. The van der Waals surface area contributed by atoms with Crippen LogP contribution in [0.15, 0.2) is 12.1 Å². The third kappa shape index (κ3) is 3.30. The van der Waals surface area contributed by atoms with Crippen LogP contribution < -0.4 is 4.74 Å². The Labute approximate surface area is 103 Å². The van der Waals surface area contributed by atoms with Crippen LogP contribution in [0.5, 0.6) is 5.75 Å². The summed E-state index contributed by atoms with van der Waals surface area (Å²) in [5.74, 6) is -2.02. The van der Waals surface area contributed by atoms with E-state index in [0.717, 1.165) is 12.1 Å². The normalized spacial score (nSPS) is 10.2. The minimum absolute atomic E-state index is 0.0434. The Bertz CT molecular complexity index is 426. The summed E-state index contributed by atoms with van der Waals surface area (Å²) in [7, 11) is 2.72. The predicted octanol–water partition coefficient (Wildman–Crippen LogP) is 2.17. The molecule has 0 spiro atoms. The first-order valence-electron chi connectivity index (χ1n) is 4.81. The molecule has 0 N–H and O–H groups in total. The minimum atomic E-state index is -0.671. The zero-order chi connectivity index (χ0) is 13.0. The van der Waals surface area contributed by atoms with Crippen LogP contribution in [0.3, 0.4) is 0 Å². The van der Waals surface area contributed by atoms with Gasteiger partial charge in [0.05, 0.1) is 7.11 Å². The number of hydrogen-bond donors (Lipinski definition) is 0. The van der Waals surface area contributed by atoms with Crippen LogP contribution in [0.1, 0.15) is 5.56 Å². The zero-order valence-electron chi connectivity index (χ0n) is 9.47. The highest BCUT2D eigenvalue weighted by molar-refractivity contribution is 6.27. The fourth-order valence-corrected chi connectivity index (χ4v) is 1.50. The number of methoxy groups -OCH3 is 1. The molecule has 0 unspecified atom stereocenters. The number of carbonyl (C=O) groups is 1. The number of carbonyl (C=O) groups excluding carboxylic acids is 1. The first-order chi connectivity index (χ1) is 7.99. The fourth-order valence-electron chi connectivity index (χ4n) is 1.29. The van der Waals surface area contributed by atoms with Crippen LogP contribution in [-0.2, 0) is 11.3 Å². The van der Waals surface area contributed by atoms with Crippen molar-refractivity contribution in [2.45, 2.75) is 6.54 Å². The van der Waals surface area contributed by atoms with Gasteiger partial charge < -0.3 is 9.64 Å². The lowest BCUT2D eigenvalue weighted by Gasteiger charge is -2.16. The van der Waals surface area contributed by atoms with Crippen molar-refractivity contribution in [3.05, 3.63) is 29.3 Å². The number of benzene rings is 1. The van der Waals surface area contributed by atoms with E-state index in [1.807, 2.05) is 0 Å². The van der Waals surface area contributed by atoms with Crippen LogP contribution in [0.2, 0.25) is 0 Å². The Hall–Kier alpha value is -1.36. The van der Waals surface area contributed by atoms with Gasteiger partial charge in [0, 0.05) is 25.2 Å². The Balaban J connectivity index is 2.92. The Morgan fingerprint density at radius 3 is 2.59 bits per heavy atom. The molecule has 0 aromatic heterocycles. The van der Waals surface area contributed by atoms with Gasteiger partial charge in [0.1, 0.15) is 11.7 Å². The number of nitrogens with zero attached hydrogens (tertiary/aromatic N) is 1. The summed E-state index contributed by atoms with van der Waals surface area (Å²) in [6, 6.07) is 1.95. The van der Waals surface area contributed by atoms with E-state index < -0.39 is 11.6 Å². The number of halogens is 3. The minimum Gasteiger partial charge on any atom is -0.494 e. The average Bonchev–Trinajstić information content (AvgIpc) is 2.32. The second-order valence-electron chi connectivity index (χ2n) is 3.46. The van der Waals surface area contributed by atoms with Gasteiger partial charge in [0.15, 0.2) is 11.6 Å². The van der Waals surface area contributed by atoms with Gasteiger partial charge in [-0.05, 0) is 6.07 Å². The monoisotopic (exact) mass is 263 g/mol. The van der Waals surface area contributed by atoms with Crippen molar-refractivity contribution in [3.8, 4) is 5.75 Å². The highest BCUT2D eigenvalue weighted by Gasteiger charge is 2.14. The summed E-state index contributed by atoms with van der Waals surface area (Å²) in [6.07, 6.45) is 0. The molecule has 1 rings (SSSR count). The van der Waals surface area contributed by atoms with E-state index in [0.29, 0.717) is 0 Å². The van der Waals surface area contributed by atoms with Gasteiger partial charge in [-0.1, -0.05) is 0 Å². The summed E-state index contributed by atoms with van der Waals surface area (Å²) in [6.45, 7) is -0.0434. The van der Waals surface area contributed by atoms with Gasteiger partial charge >= 0.3 is 0 Å². The summed E-state index contributed by atoms with van der Waals surface area (Å²) in [5, 5.41) is 0. The van der Waals surface area contributed by atoms with Crippen molar-refractivity contribution in [2.75, 3.05) is 20.0 Å². The van der Waals surface area contributed by atoms with Crippen LogP contribution in [0.4, 0.5) is 8.78 Å². The molecule has 17 heavy (non-hydrogen) atoms. The lowest BCUT2D eigenvalue weighted by atomic mass is 10.2. The maximum atomic E-state index is 13.5. The smallest absolute Gasteiger partial charge is 0.237 e. The SMILES string of the molecule is COc1cc(F)c(CN(C)C(=O)CCl)cc1F. The molecule has 0 saturated heterocycles. The third-order valence-corrected chi connectivity index (χ3v) is 2.50. The molecule has 1 amide bonds. The predicted molar refractivity (Wildman–Crippen MR) is 60.1 cm³/mol. The topological polar surface area (TPSA) is 29.5 Å². The van der Waals surface area contributed by atoms with Crippen molar-refractivity contribution in [1.82, 2.24) is 4.90 Å². The number of rotatable bonds is 4. The van der Waals surface area contributed by atoms with E-state index in [4.69, 9.17) is 11.6 Å². The molecule has 0 aliphatic heterocycles. The average molecular weight is 264 g/mol. The number of alkyl halides is 1. The van der Waals surface area contributed by atoms with Gasteiger partial charge in [0.2, 0.25) is 5.91 Å². The molecule has 0 heterocycles. The molecular formula is C11H12ClF2NO2. The number of amides is 1. The molecule has 0 aliphatic carbocycles. The summed E-state index contributed by atoms with van der Waals surface area (Å²) in [5.41, 5.74) is 0.0734. The van der Waals surface area contributed by atoms with E-state index in [1.54, 1.807) is 0 Å². The molecule has 0 bridgehead atoms. The number of hydrogen-bond acceptors (Lipinski definition) is 2. The summed E-state index contributed by atoms with van der Waals surface area (Å²) in [4.78, 5) is 12.4. The van der Waals surface area contributed by atoms with Crippen molar-refractivity contribution >= 4 is 17.5 Å². The molecule has 6 heteroatoms. The molecule has 1 aromatic rings. The Morgan fingerprint density at radius 1 is 1.41 bits per heavy atom. The standard InChI is InChI=1S/C11H12ClF2NO2/c1-15(11(16)5-12)6-7-3-9(14)10(17-2)4-8(7)13/h3-4H,5-6H2,1-2H3. The third-order valence-electron chi connectivity index (χ3n) is 2.27. The Morgan fingerprint density at radius 2 is 2.06 bits per heavy atom. The van der Waals surface area contributed by atoms with Gasteiger partial charge in [-0.2, -0.15) is 0 Å². The maximum absolute atomic E-state index is 13.5. The first kappa shape index (κ1) is 13.7. The van der Waals surface area contributed by atoms with Crippen LogP contribution >= 0.6 is 11.6 Å². The molecule has 0 radical (unpaired) electrons. The van der Waals surface area contributed by atoms with Gasteiger partial charge in [0.25, 0.3) is 0 Å². The van der Waals surface area contributed by atoms with Crippen molar-refractivity contribution in [2.24, 2.45) is 0 Å². The molecule has 0 aliphatic rings. The maximum Gasteiger partial charge on any atom is 0.237 e. The van der Waals surface area contributed by atoms with Gasteiger partial charge in [-0.3, -0.25) is 4.79 Å². The first-order valence-corrected chi connectivity index (χ1v) is 5.35. The van der Waals surface area contributed by atoms with E-state index in [1.165, 1.54) is 19.1 Å². The quantitative estimate of drug-likeness (QED) is 0.779. The van der Waals surface area contributed by atoms with E-state index in [-0.39, 0.29) is 29.6 Å². The lowest BCUT2D eigenvalue weighted by Crippen LogP contribution is -2.27. The summed E-state index contributed by atoms with van der Waals surface area (Å²) >= 11 is 5.35. The number of ether oxygens (including phenoxy) is 1. The molecule has 94 valence electrons. The Kier molecular flexibility index (Phi) is 4.69. The summed E-state index contributed by atoms with van der Waals surface area (Å²) < 4.78 is 31.5. The second kappa shape index (κ2) is 5.82. The van der Waals surface area contributed by atoms with Gasteiger partial charge in [-0.25, -0.2) is 8.78 Å². The molecule has 0 saturated carbocycles. The van der Waals surface area contributed by atoms with E-state index in [2.05, 4.69) is 4.74 Å². The largest absolute Gasteiger partial charge is 0.494 e. The molecular weight excluding hydrogens is 252 g/mol. The highest BCUT2D eigenvalue weighted by atomic mass is 35.5. The molecule has 0 fully saturated rings. The highest BCUT2D eigenvalue weighted by Crippen LogP contribution is 2.22. The van der Waals surface area contributed by atoms with E-state index >= 15 is 0 Å². The zero-order valence-corrected chi connectivity index (χ0v) is 10.2. The second-order valence-corrected chi connectivity index (χ2v) is 3.73. The molecule has 0 atom stereocenters. The van der Waals surface area contributed by atoms with Crippen LogP contribution in [0.25, 0.3) is 0 Å². The van der Waals surface area contributed by atoms with Gasteiger partial charge in [-0.15, -0.1) is 11.6 Å². The van der Waals surface area contributed by atoms with Crippen molar-refractivity contribution in [3.63, 3.8) is 0 Å². The van der Waals surface area contributed by atoms with Crippen molar-refractivity contribution < 1.29 is 18.3 Å². The van der Waals surface area contributed by atoms with Crippen LogP contribution in [0, 0.1) is 11.6 Å². The molecule has 3 nitrogen and oxygen atoms in total.